The number of carboxylic acids is 1. The minimum absolute atomic E-state index is 0.431. The van der Waals surface area contributed by atoms with Crippen LogP contribution in [0.2, 0.25) is 0 Å². The van der Waals surface area contributed by atoms with Crippen LogP contribution in [0, 0.1) is 11.3 Å². The van der Waals surface area contributed by atoms with Crippen LogP contribution >= 0.6 is 0 Å². The van der Waals surface area contributed by atoms with E-state index >= 15 is 0 Å². The van der Waals surface area contributed by atoms with Crippen LogP contribution in [-0.4, -0.2) is 63.4 Å². The number of nitrogens with zero attached hydrogens (tertiary/aromatic N) is 1. The van der Waals surface area contributed by atoms with Gasteiger partial charge in [0, 0.05) is 52.4 Å². The Hall–Kier alpha value is -1.50. The first-order chi connectivity index (χ1) is 9.59. The lowest BCUT2D eigenvalue weighted by Crippen LogP contribution is -2.35. The van der Waals surface area contributed by atoms with Crippen molar-refractivity contribution >= 4 is 5.97 Å². The third-order valence-electron chi connectivity index (χ3n) is 1.99. The van der Waals surface area contributed by atoms with E-state index in [0.717, 1.165) is 39.3 Å². The summed E-state index contributed by atoms with van der Waals surface area (Å²) in [5.74, 6) is -1.26. The fraction of sp³-hybridized carbons (Fsp3) is 0.667. The van der Waals surface area contributed by atoms with Gasteiger partial charge in [0.05, 0.1) is 0 Å². The van der Waals surface area contributed by atoms with Crippen molar-refractivity contribution in [3.63, 3.8) is 0 Å². The predicted octanol–water partition coefficient (Wildman–Crippen LogP) is -2.18. The van der Waals surface area contributed by atoms with Gasteiger partial charge in [0.15, 0.2) is 0 Å². The maximum atomic E-state index is 9.61. The number of nitrogens with two attached hydrogens (primary N) is 2. The van der Waals surface area contributed by atoms with Crippen LogP contribution in [0.25, 0.3) is 0 Å². The van der Waals surface area contributed by atoms with E-state index in [9.17, 15) is 4.79 Å². The van der Waals surface area contributed by atoms with Crippen molar-refractivity contribution in [1.82, 2.24) is 16.0 Å². The lowest BCUT2D eigenvalue weighted by molar-refractivity contribution is -0.132. The number of hydrogen-bond donors (Lipinski definition) is 6. The van der Waals surface area contributed by atoms with E-state index in [2.05, 4.69) is 22.5 Å². The Morgan fingerprint density at radius 2 is 1.35 bits per heavy atom. The van der Waals surface area contributed by atoms with Gasteiger partial charge in [-0.15, -0.1) is 0 Å². The van der Waals surface area contributed by atoms with Crippen molar-refractivity contribution in [1.29, 1.82) is 5.26 Å². The lowest BCUT2D eigenvalue weighted by atomic mass is 10.4. The molecule has 0 aromatic heterocycles. The zero-order valence-electron chi connectivity index (χ0n) is 11.8. The molecule has 0 heterocycles. The second-order valence-corrected chi connectivity index (χ2v) is 3.72. The van der Waals surface area contributed by atoms with Crippen LogP contribution in [-0.2, 0) is 4.79 Å². The molecule has 0 amide bonds. The largest absolute Gasteiger partial charge is 0.477 e. The molecule has 0 saturated heterocycles. The quantitative estimate of drug-likeness (QED) is 0.143. The predicted molar refractivity (Wildman–Crippen MR) is 79.1 cm³/mol. The van der Waals surface area contributed by atoms with Crippen LogP contribution in [0.4, 0.5) is 0 Å². The second-order valence-electron chi connectivity index (χ2n) is 3.72. The van der Waals surface area contributed by atoms with Gasteiger partial charge in [-0.2, -0.15) is 5.26 Å². The molecule has 0 spiro atoms. The van der Waals surface area contributed by atoms with Gasteiger partial charge in [0.1, 0.15) is 11.6 Å². The Labute approximate surface area is 120 Å². The highest BCUT2D eigenvalue weighted by atomic mass is 16.4. The summed E-state index contributed by atoms with van der Waals surface area (Å²) in [5.41, 5.74) is 10.2. The van der Waals surface area contributed by atoms with Crippen molar-refractivity contribution in [2.24, 2.45) is 11.5 Å². The fourth-order valence-electron chi connectivity index (χ4n) is 0.980. The van der Waals surface area contributed by atoms with E-state index in [1.54, 1.807) is 0 Å². The summed E-state index contributed by atoms with van der Waals surface area (Å²) < 4.78 is 0. The van der Waals surface area contributed by atoms with Crippen LogP contribution < -0.4 is 27.4 Å². The minimum Gasteiger partial charge on any atom is -0.477 e. The molecular weight excluding hydrogens is 260 g/mol. The van der Waals surface area contributed by atoms with E-state index in [1.807, 2.05) is 0 Å². The first kappa shape index (κ1) is 20.8. The zero-order valence-corrected chi connectivity index (χ0v) is 11.8. The van der Waals surface area contributed by atoms with Gasteiger partial charge in [-0.1, -0.05) is 6.58 Å². The summed E-state index contributed by atoms with van der Waals surface area (Å²) >= 11 is 0. The number of nitrogens with one attached hydrogen (secondary N) is 3. The number of nitriles is 1. The minimum atomic E-state index is -1.26. The first-order valence-corrected chi connectivity index (χ1v) is 6.44. The molecule has 0 radical (unpaired) electrons. The Bertz CT molecular complexity index is 280. The van der Waals surface area contributed by atoms with Crippen LogP contribution in [0.15, 0.2) is 12.2 Å². The summed E-state index contributed by atoms with van der Waals surface area (Å²) in [6, 6.07) is 1.37. The van der Waals surface area contributed by atoms with Gasteiger partial charge in [0.2, 0.25) is 0 Å². The molecule has 0 aromatic carbocycles. The summed E-state index contributed by atoms with van der Waals surface area (Å²) in [7, 11) is 0. The Kier molecular flexibility index (Phi) is 18.2. The van der Waals surface area contributed by atoms with Gasteiger partial charge < -0.3 is 32.5 Å². The first-order valence-electron chi connectivity index (χ1n) is 6.44. The molecule has 0 aliphatic carbocycles. The normalized spacial score (nSPS) is 9.25. The molecule has 0 aromatic rings. The average molecular weight is 286 g/mol. The molecule has 0 rings (SSSR count). The van der Waals surface area contributed by atoms with Gasteiger partial charge in [-0.25, -0.2) is 4.79 Å². The Morgan fingerprint density at radius 3 is 1.55 bits per heavy atom. The van der Waals surface area contributed by atoms with Crippen molar-refractivity contribution in [3.8, 4) is 6.07 Å². The number of aliphatic carboxylic acids is 1. The van der Waals surface area contributed by atoms with E-state index in [1.165, 1.54) is 6.07 Å². The van der Waals surface area contributed by atoms with Gasteiger partial charge in [-0.3, -0.25) is 0 Å². The molecule has 0 fully saturated rings. The highest BCUT2D eigenvalue weighted by Crippen LogP contribution is 1.81. The molecule has 0 bridgehead atoms. The van der Waals surface area contributed by atoms with Crippen LogP contribution in [0.3, 0.4) is 0 Å². The third-order valence-corrected chi connectivity index (χ3v) is 1.99. The van der Waals surface area contributed by atoms with Gasteiger partial charge >= 0.3 is 5.97 Å². The number of carboxylic acid groups (broad SMARTS) is 1. The van der Waals surface area contributed by atoms with E-state index in [-0.39, 0.29) is 0 Å². The lowest BCUT2D eigenvalue weighted by Gasteiger charge is -2.06. The average Bonchev–Trinajstić information content (AvgIpc) is 2.45. The summed E-state index contributed by atoms with van der Waals surface area (Å²) in [6.07, 6.45) is 0. The smallest absolute Gasteiger partial charge is 0.345 e. The van der Waals surface area contributed by atoms with E-state index in [0.29, 0.717) is 13.1 Å². The number of hydrogen-bond acceptors (Lipinski definition) is 7. The van der Waals surface area contributed by atoms with Gasteiger partial charge in [0.25, 0.3) is 0 Å². The topological polar surface area (TPSA) is 149 Å². The van der Waals surface area contributed by atoms with Crippen LogP contribution in [0.1, 0.15) is 0 Å². The monoisotopic (exact) mass is 286 g/mol. The highest BCUT2D eigenvalue weighted by Gasteiger charge is 1.97. The number of rotatable bonds is 11. The maximum Gasteiger partial charge on any atom is 0.345 e. The molecule has 0 saturated carbocycles. The van der Waals surface area contributed by atoms with Crippen molar-refractivity contribution < 1.29 is 9.90 Å². The van der Waals surface area contributed by atoms with E-state index in [4.69, 9.17) is 21.8 Å². The standard InChI is InChI=1S/C8H23N5.C4H3NO2/c9-1-3-11-5-7-13-8-6-12-4-2-10;1-3(2-5)4(6)7/h11-13H,1-10H2;1H2,(H,6,7). The highest BCUT2D eigenvalue weighted by molar-refractivity contribution is 5.90. The molecule has 8 heteroatoms. The molecule has 0 unspecified atom stereocenters. The fourth-order valence-corrected chi connectivity index (χ4v) is 0.980. The molecule has 116 valence electrons. The van der Waals surface area contributed by atoms with Crippen molar-refractivity contribution in [2.75, 3.05) is 52.4 Å². The Balaban J connectivity index is 0. The second kappa shape index (κ2) is 17.5. The molecular formula is C12H26N6O2. The Morgan fingerprint density at radius 1 is 1.00 bits per heavy atom. The molecule has 8 N–H and O–H groups in total. The third kappa shape index (κ3) is 18.9. The summed E-state index contributed by atoms with van der Waals surface area (Å²) in [6.45, 7) is 10.1. The van der Waals surface area contributed by atoms with Gasteiger partial charge in [-0.05, 0) is 0 Å². The maximum absolute atomic E-state index is 9.61. The molecule has 20 heavy (non-hydrogen) atoms. The summed E-state index contributed by atoms with van der Waals surface area (Å²) in [4.78, 5) is 9.61. The van der Waals surface area contributed by atoms with Crippen molar-refractivity contribution in [3.05, 3.63) is 12.2 Å². The van der Waals surface area contributed by atoms with Crippen LogP contribution in [0.5, 0.6) is 0 Å². The molecule has 0 atom stereocenters. The SMILES string of the molecule is C=C(C#N)C(=O)O.NCCNCCNCCNCCN. The molecule has 0 aliphatic rings. The van der Waals surface area contributed by atoms with Crippen molar-refractivity contribution in [2.45, 2.75) is 0 Å². The zero-order chi connectivity index (χ0) is 15.6. The summed E-state index contributed by atoms with van der Waals surface area (Å²) in [5, 5.41) is 25.3. The molecule has 0 aliphatic heterocycles. The van der Waals surface area contributed by atoms with E-state index < -0.39 is 11.5 Å². The molecule has 8 nitrogen and oxygen atoms in total. The number of carbonyl (C=O) groups is 1.